The van der Waals surface area contributed by atoms with E-state index in [1.165, 1.54) is 19.3 Å². The Hall–Kier alpha value is 0. The summed E-state index contributed by atoms with van der Waals surface area (Å²) in [5.74, 6) is 1.94. The maximum absolute atomic E-state index is 2.58. The second kappa shape index (κ2) is 3.31. The van der Waals surface area contributed by atoms with E-state index in [1.807, 2.05) is 0 Å². The molecule has 3 rings (SSSR count). The molecule has 3 fully saturated rings. The van der Waals surface area contributed by atoms with E-state index in [0.29, 0.717) is 21.7 Å². The topological polar surface area (TPSA) is 0 Å². The quantitative estimate of drug-likeness (QED) is 0.562. The van der Waals surface area contributed by atoms with Crippen LogP contribution in [0.5, 0.6) is 0 Å². The van der Waals surface area contributed by atoms with Gasteiger partial charge in [-0.15, -0.1) is 0 Å². The molecule has 0 amide bonds. The molecule has 0 N–H and O–H groups in total. The summed E-state index contributed by atoms with van der Waals surface area (Å²) < 4.78 is 0. The Kier molecular flexibility index (Phi) is 2.61. The van der Waals surface area contributed by atoms with Crippen molar-refractivity contribution in [1.29, 1.82) is 0 Å². The zero-order valence-electron chi connectivity index (χ0n) is 13.3. The molecule has 0 aromatic heterocycles. The van der Waals surface area contributed by atoms with Gasteiger partial charge in [0.2, 0.25) is 0 Å². The number of hydrogen-bond donors (Lipinski definition) is 0. The molecule has 0 spiro atoms. The van der Waals surface area contributed by atoms with Crippen LogP contribution in [-0.4, -0.2) is 0 Å². The SMILES string of the molecule is CC1(C)[C@@H]2CCC(C)(C(C)(C)C(C)(C)C)[C@H]1C2. The van der Waals surface area contributed by atoms with Gasteiger partial charge in [0.15, 0.2) is 0 Å². The highest BCUT2D eigenvalue weighted by Gasteiger charge is 2.64. The van der Waals surface area contributed by atoms with Crippen LogP contribution in [0, 0.1) is 33.5 Å². The Bertz CT molecular complexity index is 310. The molecule has 0 radical (unpaired) electrons. The molecular weight excluding hydrogens is 204 g/mol. The van der Waals surface area contributed by atoms with Gasteiger partial charge in [0.25, 0.3) is 0 Å². The van der Waals surface area contributed by atoms with Gasteiger partial charge in [-0.25, -0.2) is 0 Å². The van der Waals surface area contributed by atoms with Crippen molar-refractivity contribution < 1.29 is 0 Å². The molecule has 1 unspecified atom stereocenters. The third kappa shape index (κ3) is 1.48. The average molecular weight is 236 g/mol. The lowest BCUT2D eigenvalue weighted by Gasteiger charge is -2.70. The van der Waals surface area contributed by atoms with Crippen molar-refractivity contribution >= 4 is 0 Å². The molecule has 0 aromatic rings. The fraction of sp³-hybridized carbons (Fsp3) is 1.00. The standard InChI is InChI=1S/C17H32/c1-14(2,3)16(6,7)17(8)10-9-12-11-13(17)15(12,4)5/h12-13H,9-11H2,1-8H3/t12-,13+,17?/m1/s1. The Morgan fingerprint density at radius 2 is 1.47 bits per heavy atom. The maximum atomic E-state index is 2.58. The minimum atomic E-state index is 0.389. The van der Waals surface area contributed by atoms with Gasteiger partial charge in [-0.1, -0.05) is 55.4 Å². The first-order valence-electron chi connectivity index (χ1n) is 7.44. The first-order valence-corrected chi connectivity index (χ1v) is 7.44. The molecule has 3 aliphatic carbocycles. The third-order valence-electron chi connectivity index (χ3n) is 7.55. The predicted molar refractivity (Wildman–Crippen MR) is 76.0 cm³/mol. The van der Waals surface area contributed by atoms with E-state index in [9.17, 15) is 0 Å². The number of hydrogen-bond acceptors (Lipinski definition) is 0. The largest absolute Gasteiger partial charge is 0.0596 e. The van der Waals surface area contributed by atoms with Crippen molar-refractivity contribution in [3.63, 3.8) is 0 Å². The molecule has 0 aliphatic heterocycles. The molecule has 17 heavy (non-hydrogen) atoms. The minimum Gasteiger partial charge on any atom is -0.0596 e. The van der Waals surface area contributed by atoms with Crippen LogP contribution in [0.15, 0.2) is 0 Å². The molecule has 0 nitrogen and oxygen atoms in total. The second-order valence-electron chi connectivity index (χ2n) is 9.14. The van der Waals surface area contributed by atoms with Crippen LogP contribution in [0.3, 0.4) is 0 Å². The maximum Gasteiger partial charge on any atom is -0.0236 e. The van der Waals surface area contributed by atoms with E-state index in [1.54, 1.807) is 0 Å². The molecule has 0 heteroatoms. The van der Waals surface area contributed by atoms with Crippen molar-refractivity contribution in [2.75, 3.05) is 0 Å². The first-order chi connectivity index (χ1) is 7.44. The van der Waals surface area contributed by atoms with E-state index in [2.05, 4.69) is 55.4 Å². The van der Waals surface area contributed by atoms with Gasteiger partial charge in [-0.05, 0) is 52.8 Å². The third-order valence-corrected chi connectivity index (χ3v) is 7.55. The Balaban J connectivity index is 2.37. The van der Waals surface area contributed by atoms with Crippen LogP contribution in [0.1, 0.15) is 74.7 Å². The van der Waals surface area contributed by atoms with E-state index in [4.69, 9.17) is 0 Å². The van der Waals surface area contributed by atoms with Gasteiger partial charge < -0.3 is 0 Å². The fourth-order valence-corrected chi connectivity index (χ4v) is 4.84. The lowest BCUT2D eigenvalue weighted by Crippen LogP contribution is -2.63. The summed E-state index contributed by atoms with van der Waals surface area (Å²) in [4.78, 5) is 0. The second-order valence-corrected chi connectivity index (χ2v) is 9.14. The van der Waals surface area contributed by atoms with Crippen molar-refractivity contribution in [2.24, 2.45) is 33.5 Å². The highest BCUT2D eigenvalue weighted by atomic mass is 14.7. The zero-order chi connectivity index (χ0) is 13.3. The molecule has 3 saturated carbocycles. The summed E-state index contributed by atoms with van der Waals surface area (Å²) >= 11 is 0. The highest BCUT2D eigenvalue weighted by molar-refractivity contribution is 5.13. The summed E-state index contributed by atoms with van der Waals surface area (Å²) in [6.07, 6.45) is 4.39. The van der Waals surface area contributed by atoms with Crippen molar-refractivity contribution in [2.45, 2.75) is 74.7 Å². The lowest BCUT2D eigenvalue weighted by atomic mass is 9.34. The van der Waals surface area contributed by atoms with Crippen LogP contribution < -0.4 is 0 Å². The number of fused-ring (bicyclic) bond motifs is 2. The van der Waals surface area contributed by atoms with Gasteiger partial charge >= 0.3 is 0 Å². The monoisotopic (exact) mass is 236 g/mol. The van der Waals surface area contributed by atoms with E-state index in [-0.39, 0.29) is 0 Å². The van der Waals surface area contributed by atoms with Gasteiger partial charge in [-0.3, -0.25) is 0 Å². The molecule has 0 aromatic carbocycles. The normalized spacial score (nSPS) is 40.9. The van der Waals surface area contributed by atoms with Crippen molar-refractivity contribution in [3.05, 3.63) is 0 Å². The summed E-state index contributed by atoms with van der Waals surface area (Å²) in [6.45, 7) is 19.9. The van der Waals surface area contributed by atoms with E-state index >= 15 is 0 Å². The molecule has 3 aliphatic rings. The average Bonchev–Trinajstić information content (AvgIpc) is 2.15. The highest BCUT2D eigenvalue weighted by Crippen LogP contribution is 2.72. The van der Waals surface area contributed by atoms with Crippen molar-refractivity contribution in [1.82, 2.24) is 0 Å². The summed E-state index contributed by atoms with van der Waals surface area (Å²) in [5.41, 5.74) is 1.91. The molecule has 2 bridgehead atoms. The molecule has 0 heterocycles. The number of rotatable bonds is 1. The summed E-state index contributed by atoms with van der Waals surface area (Å²) in [5, 5.41) is 0. The smallest absolute Gasteiger partial charge is 0.0236 e. The van der Waals surface area contributed by atoms with E-state index in [0.717, 1.165) is 11.8 Å². The molecule has 3 atom stereocenters. The molecular formula is C17H32. The van der Waals surface area contributed by atoms with Gasteiger partial charge in [0, 0.05) is 0 Å². The Labute approximate surface area is 109 Å². The zero-order valence-corrected chi connectivity index (χ0v) is 13.3. The van der Waals surface area contributed by atoms with Crippen LogP contribution in [0.4, 0.5) is 0 Å². The van der Waals surface area contributed by atoms with E-state index < -0.39 is 0 Å². The van der Waals surface area contributed by atoms with Gasteiger partial charge in [-0.2, -0.15) is 0 Å². The van der Waals surface area contributed by atoms with Crippen LogP contribution in [0.25, 0.3) is 0 Å². The van der Waals surface area contributed by atoms with Crippen molar-refractivity contribution in [3.8, 4) is 0 Å². The minimum absolute atomic E-state index is 0.389. The predicted octanol–water partition coefficient (Wildman–Crippen LogP) is 5.52. The van der Waals surface area contributed by atoms with Crippen LogP contribution in [-0.2, 0) is 0 Å². The Morgan fingerprint density at radius 3 is 1.82 bits per heavy atom. The lowest BCUT2D eigenvalue weighted by molar-refractivity contribution is -0.214. The first kappa shape index (κ1) is 13.4. The van der Waals surface area contributed by atoms with Crippen LogP contribution >= 0.6 is 0 Å². The van der Waals surface area contributed by atoms with Crippen LogP contribution in [0.2, 0.25) is 0 Å². The molecule has 100 valence electrons. The summed E-state index contributed by atoms with van der Waals surface area (Å²) in [7, 11) is 0. The molecule has 0 saturated heterocycles. The fourth-order valence-electron chi connectivity index (χ4n) is 4.84. The summed E-state index contributed by atoms with van der Waals surface area (Å²) in [6, 6.07) is 0. The van der Waals surface area contributed by atoms with Gasteiger partial charge in [0.05, 0.1) is 0 Å². The Morgan fingerprint density at radius 1 is 0.941 bits per heavy atom. The van der Waals surface area contributed by atoms with Gasteiger partial charge in [0.1, 0.15) is 0 Å².